The first kappa shape index (κ1) is 13.0. The molecule has 2 aromatic carbocycles. The van der Waals surface area contributed by atoms with Crippen LogP contribution in [0.4, 0.5) is 17.1 Å². The lowest BCUT2D eigenvalue weighted by atomic mass is 9.86. The van der Waals surface area contributed by atoms with Crippen LogP contribution < -0.4 is 16.0 Å². The highest BCUT2D eigenvalue weighted by Crippen LogP contribution is 2.46. The number of carbonyl (C=O) groups excluding carboxylic acids is 1. The minimum atomic E-state index is -0.529. The van der Waals surface area contributed by atoms with Crippen molar-refractivity contribution in [2.75, 3.05) is 16.0 Å². The molecule has 5 nitrogen and oxygen atoms in total. The van der Waals surface area contributed by atoms with Gasteiger partial charge in [-0.2, -0.15) is 0 Å². The molecule has 2 aliphatic rings. The van der Waals surface area contributed by atoms with Crippen molar-refractivity contribution in [3.05, 3.63) is 47.5 Å². The molecular weight excluding hydrogens is 278 g/mol. The van der Waals surface area contributed by atoms with Gasteiger partial charge in [0.1, 0.15) is 11.9 Å². The fourth-order valence-corrected chi connectivity index (χ4v) is 3.09. The Hall–Kier alpha value is -2.69. The second-order valence-electron chi connectivity index (χ2n) is 6.30. The molecule has 0 aromatic heterocycles. The topological polar surface area (TPSA) is 73.4 Å². The van der Waals surface area contributed by atoms with Crippen molar-refractivity contribution in [2.24, 2.45) is 0 Å². The van der Waals surface area contributed by atoms with Gasteiger partial charge < -0.3 is 21.1 Å². The summed E-state index contributed by atoms with van der Waals surface area (Å²) in [7, 11) is 0. The Bertz CT molecular complexity index is 798. The largest absolute Gasteiger partial charge is 0.508 e. The summed E-state index contributed by atoms with van der Waals surface area (Å²) in [5.74, 6) is 0.268. The number of rotatable bonds is 1. The standard InChI is InChI=1S/C17H17N3O2/c1-17(2)10-7-12-13(8-11(10)20-16(17)22)19-15(18-12)9-5-3-4-6-14(9)21/h3-8,15,18-19,21H,1-2H3,(H,20,22). The van der Waals surface area contributed by atoms with Gasteiger partial charge in [0, 0.05) is 11.3 Å². The number of para-hydroxylation sites is 1. The highest BCUT2D eigenvalue weighted by molar-refractivity contribution is 6.07. The van der Waals surface area contributed by atoms with Gasteiger partial charge in [0.15, 0.2) is 0 Å². The van der Waals surface area contributed by atoms with Gasteiger partial charge in [-0.1, -0.05) is 18.2 Å². The quantitative estimate of drug-likeness (QED) is 0.652. The summed E-state index contributed by atoms with van der Waals surface area (Å²) in [5, 5.41) is 19.6. The molecule has 0 aliphatic carbocycles. The van der Waals surface area contributed by atoms with E-state index in [4.69, 9.17) is 0 Å². The molecule has 1 atom stereocenters. The molecule has 1 unspecified atom stereocenters. The molecule has 0 saturated heterocycles. The summed E-state index contributed by atoms with van der Waals surface area (Å²) < 4.78 is 0. The van der Waals surface area contributed by atoms with Crippen LogP contribution in [0.3, 0.4) is 0 Å². The van der Waals surface area contributed by atoms with E-state index in [0.717, 1.165) is 28.2 Å². The third-order valence-electron chi connectivity index (χ3n) is 4.49. The zero-order chi connectivity index (χ0) is 15.5. The summed E-state index contributed by atoms with van der Waals surface area (Å²) in [5.41, 5.74) is 3.96. The minimum Gasteiger partial charge on any atom is -0.508 e. The minimum absolute atomic E-state index is 0.0171. The van der Waals surface area contributed by atoms with Crippen molar-refractivity contribution in [2.45, 2.75) is 25.4 Å². The number of nitrogens with one attached hydrogen (secondary N) is 3. The Labute approximate surface area is 128 Å². The van der Waals surface area contributed by atoms with Gasteiger partial charge in [-0.15, -0.1) is 0 Å². The van der Waals surface area contributed by atoms with Crippen LogP contribution in [-0.4, -0.2) is 11.0 Å². The van der Waals surface area contributed by atoms with E-state index >= 15 is 0 Å². The summed E-state index contributed by atoms with van der Waals surface area (Å²) in [6.07, 6.45) is -0.183. The number of anilines is 3. The zero-order valence-corrected chi connectivity index (χ0v) is 12.4. The van der Waals surface area contributed by atoms with E-state index in [0.29, 0.717) is 0 Å². The molecule has 0 bridgehead atoms. The van der Waals surface area contributed by atoms with Crippen molar-refractivity contribution < 1.29 is 9.90 Å². The van der Waals surface area contributed by atoms with Crippen LogP contribution in [0.15, 0.2) is 36.4 Å². The maximum atomic E-state index is 12.0. The number of phenolic OH excluding ortho intramolecular Hbond substituents is 1. The Balaban J connectivity index is 1.72. The van der Waals surface area contributed by atoms with E-state index in [2.05, 4.69) is 16.0 Å². The molecule has 2 heterocycles. The number of phenols is 1. The molecule has 0 radical (unpaired) electrons. The average molecular weight is 295 g/mol. The lowest BCUT2D eigenvalue weighted by Crippen LogP contribution is -2.26. The lowest BCUT2D eigenvalue weighted by molar-refractivity contribution is -0.119. The van der Waals surface area contributed by atoms with Crippen LogP contribution in [-0.2, 0) is 10.2 Å². The Morgan fingerprint density at radius 2 is 1.73 bits per heavy atom. The Morgan fingerprint density at radius 3 is 2.45 bits per heavy atom. The van der Waals surface area contributed by atoms with E-state index in [1.165, 1.54) is 0 Å². The number of hydrogen-bond donors (Lipinski definition) is 4. The third kappa shape index (κ3) is 1.68. The van der Waals surface area contributed by atoms with Gasteiger partial charge in [-0.25, -0.2) is 0 Å². The van der Waals surface area contributed by atoms with Crippen LogP contribution in [0.2, 0.25) is 0 Å². The molecule has 2 aliphatic heterocycles. The fourth-order valence-electron chi connectivity index (χ4n) is 3.09. The molecule has 5 heteroatoms. The second-order valence-corrected chi connectivity index (χ2v) is 6.30. The van der Waals surface area contributed by atoms with E-state index < -0.39 is 5.41 Å². The van der Waals surface area contributed by atoms with Crippen molar-refractivity contribution in [3.8, 4) is 5.75 Å². The predicted octanol–water partition coefficient (Wildman–Crippen LogP) is 3.16. The van der Waals surface area contributed by atoms with Crippen LogP contribution in [0, 0.1) is 0 Å². The third-order valence-corrected chi connectivity index (χ3v) is 4.49. The average Bonchev–Trinajstić information content (AvgIpc) is 2.97. The molecule has 22 heavy (non-hydrogen) atoms. The Morgan fingerprint density at radius 1 is 1.05 bits per heavy atom. The summed E-state index contributed by atoms with van der Waals surface area (Å²) in [6.45, 7) is 3.84. The summed E-state index contributed by atoms with van der Waals surface area (Å²) >= 11 is 0. The van der Waals surface area contributed by atoms with E-state index in [-0.39, 0.29) is 17.8 Å². The van der Waals surface area contributed by atoms with Crippen LogP contribution in [0.1, 0.15) is 31.1 Å². The first-order valence-corrected chi connectivity index (χ1v) is 7.28. The molecule has 0 fully saturated rings. The van der Waals surface area contributed by atoms with Gasteiger partial charge >= 0.3 is 0 Å². The van der Waals surface area contributed by atoms with E-state index in [1.807, 2.05) is 38.1 Å². The second kappa shape index (κ2) is 4.16. The lowest BCUT2D eigenvalue weighted by Gasteiger charge is -2.16. The van der Waals surface area contributed by atoms with Crippen molar-refractivity contribution in [1.29, 1.82) is 0 Å². The van der Waals surface area contributed by atoms with E-state index in [9.17, 15) is 9.90 Å². The first-order valence-electron chi connectivity index (χ1n) is 7.28. The normalized spacial score (nSPS) is 20.6. The SMILES string of the molecule is CC1(C)C(=O)Nc2cc3c(cc21)NC(c1ccccc1O)N3. The smallest absolute Gasteiger partial charge is 0.234 e. The zero-order valence-electron chi connectivity index (χ0n) is 12.4. The van der Waals surface area contributed by atoms with Gasteiger partial charge in [0.05, 0.1) is 16.8 Å². The number of fused-ring (bicyclic) bond motifs is 2. The molecule has 4 N–H and O–H groups in total. The number of amides is 1. The number of benzene rings is 2. The van der Waals surface area contributed by atoms with E-state index in [1.54, 1.807) is 12.1 Å². The molecule has 4 rings (SSSR count). The number of aromatic hydroxyl groups is 1. The highest BCUT2D eigenvalue weighted by atomic mass is 16.3. The predicted molar refractivity (Wildman–Crippen MR) is 86.2 cm³/mol. The number of hydrogen-bond acceptors (Lipinski definition) is 4. The molecule has 2 aromatic rings. The highest BCUT2D eigenvalue weighted by Gasteiger charge is 2.40. The monoisotopic (exact) mass is 295 g/mol. The Kier molecular flexibility index (Phi) is 2.46. The van der Waals surface area contributed by atoms with Crippen LogP contribution in [0.5, 0.6) is 5.75 Å². The molecule has 0 saturated carbocycles. The molecule has 0 spiro atoms. The van der Waals surface area contributed by atoms with Gasteiger partial charge in [-0.3, -0.25) is 4.79 Å². The molecule has 1 amide bonds. The molecule has 112 valence electrons. The van der Waals surface area contributed by atoms with Crippen molar-refractivity contribution in [3.63, 3.8) is 0 Å². The maximum Gasteiger partial charge on any atom is 0.234 e. The van der Waals surface area contributed by atoms with Gasteiger partial charge in [0.25, 0.3) is 0 Å². The maximum absolute atomic E-state index is 12.0. The summed E-state index contributed by atoms with van der Waals surface area (Å²) in [6, 6.07) is 11.2. The van der Waals surface area contributed by atoms with Crippen molar-refractivity contribution >= 4 is 23.0 Å². The number of carbonyl (C=O) groups is 1. The first-order chi connectivity index (χ1) is 10.5. The van der Waals surface area contributed by atoms with Crippen LogP contribution in [0.25, 0.3) is 0 Å². The fraction of sp³-hybridized carbons (Fsp3) is 0.235. The van der Waals surface area contributed by atoms with Crippen molar-refractivity contribution in [1.82, 2.24) is 0 Å². The van der Waals surface area contributed by atoms with Crippen LogP contribution >= 0.6 is 0 Å². The van der Waals surface area contributed by atoms with Gasteiger partial charge in [-0.05, 0) is 37.6 Å². The summed E-state index contributed by atoms with van der Waals surface area (Å²) in [4.78, 5) is 12.0. The molecular formula is C17H17N3O2. The van der Waals surface area contributed by atoms with Gasteiger partial charge in [0.2, 0.25) is 5.91 Å².